The molecule has 5 nitrogen and oxygen atoms in total. The molecule has 23 heavy (non-hydrogen) atoms. The molecular formula is C16H17FIN3O2. The Bertz CT molecular complexity index is 665. The third-order valence-electron chi connectivity index (χ3n) is 3.15. The van der Waals surface area contributed by atoms with Crippen LogP contribution in [0, 0.1) is 9.39 Å². The molecule has 0 aliphatic rings. The van der Waals surface area contributed by atoms with Crippen LogP contribution in [0.3, 0.4) is 0 Å². The predicted octanol–water partition coefficient (Wildman–Crippen LogP) is 2.09. The van der Waals surface area contributed by atoms with Crippen LogP contribution >= 0.6 is 22.6 Å². The van der Waals surface area contributed by atoms with Crippen molar-refractivity contribution in [2.75, 3.05) is 18.4 Å². The van der Waals surface area contributed by atoms with Crippen molar-refractivity contribution in [2.24, 2.45) is 0 Å². The van der Waals surface area contributed by atoms with Gasteiger partial charge in [0.05, 0.1) is 16.7 Å². The van der Waals surface area contributed by atoms with E-state index in [4.69, 9.17) is 5.11 Å². The van der Waals surface area contributed by atoms with Crippen molar-refractivity contribution in [1.29, 1.82) is 0 Å². The molecule has 0 saturated heterocycles. The van der Waals surface area contributed by atoms with Crippen LogP contribution in [0.5, 0.6) is 0 Å². The lowest BCUT2D eigenvalue weighted by molar-refractivity contribution is -0.119. The highest BCUT2D eigenvalue weighted by molar-refractivity contribution is 14.1. The molecular weight excluding hydrogens is 412 g/mol. The summed E-state index contributed by atoms with van der Waals surface area (Å²) in [5.74, 6) is 0.198. The van der Waals surface area contributed by atoms with Gasteiger partial charge in [0, 0.05) is 12.7 Å². The van der Waals surface area contributed by atoms with Crippen LogP contribution in [0.2, 0.25) is 0 Å². The van der Waals surface area contributed by atoms with E-state index in [1.54, 1.807) is 18.3 Å². The van der Waals surface area contributed by atoms with Crippen molar-refractivity contribution in [2.45, 2.75) is 13.0 Å². The fraction of sp³-hybridized carbons (Fsp3) is 0.250. The second-order valence-corrected chi connectivity index (χ2v) is 6.07. The van der Waals surface area contributed by atoms with E-state index in [0.717, 1.165) is 14.7 Å². The summed E-state index contributed by atoms with van der Waals surface area (Å²) in [5, 5.41) is 14.8. The van der Waals surface area contributed by atoms with Gasteiger partial charge in [-0.1, -0.05) is 12.1 Å². The minimum atomic E-state index is -0.267. The zero-order chi connectivity index (χ0) is 16.7. The number of nitrogens with one attached hydrogen (secondary N) is 2. The molecule has 0 aliphatic carbocycles. The number of pyridine rings is 1. The molecule has 2 aromatic rings. The molecule has 122 valence electrons. The van der Waals surface area contributed by atoms with Gasteiger partial charge in [0.25, 0.3) is 0 Å². The number of halogens is 2. The molecule has 3 N–H and O–H groups in total. The van der Waals surface area contributed by atoms with E-state index in [2.05, 4.69) is 38.2 Å². The normalized spacial score (nSPS) is 10.4. The summed E-state index contributed by atoms with van der Waals surface area (Å²) in [7, 11) is 0. The Hall–Kier alpha value is -1.74. The van der Waals surface area contributed by atoms with Gasteiger partial charge in [-0.15, -0.1) is 0 Å². The van der Waals surface area contributed by atoms with Gasteiger partial charge in [-0.25, -0.2) is 9.37 Å². The molecule has 0 spiro atoms. The molecule has 0 aliphatic heterocycles. The molecule has 7 heteroatoms. The van der Waals surface area contributed by atoms with E-state index in [9.17, 15) is 9.18 Å². The number of amides is 1. The zero-order valence-corrected chi connectivity index (χ0v) is 14.5. The summed E-state index contributed by atoms with van der Waals surface area (Å²) in [4.78, 5) is 16.0. The quantitative estimate of drug-likeness (QED) is 0.590. The molecule has 1 amide bonds. The van der Waals surface area contributed by atoms with Crippen LogP contribution < -0.4 is 10.6 Å². The average Bonchev–Trinajstić information content (AvgIpc) is 2.55. The number of hydrogen-bond donors (Lipinski definition) is 3. The fourth-order valence-corrected chi connectivity index (χ4v) is 2.65. The Balaban J connectivity index is 1.73. The standard InChI is InChI=1S/C16H17FIN3O2/c17-13-3-1-11(2-4-13)5-6-19-15(23)9-21-16-14(18)7-12(10-22)8-20-16/h1-4,7-8,22H,5-6,9-10H2,(H,19,23)(H,20,21). The summed E-state index contributed by atoms with van der Waals surface area (Å²) in [6.07, 6.45) is 2.21. The molecule has 1 heterocycles. The first-order valence-corrected chi connectivity index (χ1v) is 8.16. The maximum Gasteiger partial charge on any atom is 0.239 e. The summed E-state index contributed by atoms with van der Waals surface area (Å²) in [6.45, 7) is 0.540. The van der Waals surface area contributed by atoms with Gasteiger partial charge in [-0.2, -0.15) is 0 Å². The van der Waals surface area contributed by atoms with Crippen molar-refractivity contribution >= 4 is 34.3 Å². The molecule has 1 aromatic carbocycles. The van der Waals surface area contributed by atoms with Gasteiger partial charge in [0.1, 0.15) is 11.6 Å². The third kappa shape index (κ3) is 5.76. The van der Waals surface area contributed by atoms with Gasteiger partial charge in [-0.05, 0) is 58.3 Å². The molecule has 0 unspecified atom stereocenters. The van der Waals surface area contributed by atoms with Crippen LogP contribution in [-0.4, -0.2) is 29.1 Å². The second kappa shape index (κ2) is 8.78. The first kappa shape index (κ1) is 17.6. The first-order valence-electron chi connectivity index (χ1n) is 7.09. The van der Waals surface area contributed by atoms with Crippen molar-refractivity contribution in [3.05, 3.63) is 57.0 Å². The van der Waals surface area contributed by atoms with Crippen molar-refractivity contribution in [3.63, 3.8) is 0 Å². The smallest absolute Gasteiger partial charge is 0.239 e. The number of aliphatic hydroxyl groups excluding tert-OH is 1. The number of benzene rings is 1. The highest BCUT2D eigenvalue weighted by atomic mass is 127. The number of nitrogens with zero attached hydrogens (tertiary/aromatic N) is 1. The van der Waals surface area contributed by atoms with E-state index in [1.165, 1.54) is 12.1 Å². The maximum atomic E-state index is 12.8. The van der Waals surface area contributed by atoms with Crippen molar-refractivity contribution in [3.8, 4) is 0 Å². The minimum absolute atomic E-state index is 0.0623. The summed E-state index contributed by atoms with van der Waals surface area (Å²) in [5.41, 5.74) is 1.69. The molecule has 0 atom stereocenters. The lowest BCUT2D eigenvalue weighted by Gasteiger charge is -2.09. The summed E-state index contributed by atoms with van der Waals surface area (Å²) >= 11 is 2.10. The highest BCUT2D eigenvalue weighted by Gasteiger charge is 2.06. The SMILES string of the molecule is O=C(CNc1ncc(CO)cc1I)NCCc1ccc(F)cc1. The van der Waals surface area contributed by atoms with E-state index < -0.39 is 0 Å². The zero-order valence-electron chi connectivity index (χ0n) is 12.4. The van der Waals surface area contributed by atoms with Crippen LogP contribution in [0.1, 0.15) is 11.1 Å². The van der Waals surface area contributed by atoms with E-state index in [-0.39, 0.29) is 24.9 Å². The Morgan fingerprint density at radius 3 is 2.65 bits per heavy atom. The Labute approximate surface area is 147 Å². The number of rotatable bonds is 7. The highest BCUT2D eigenvalue weighted by Crippen LogP contribution is 2.16. The number of carbonyl (C=O) groups excluding carboxylic acids is 1. The lowest BCUT2D eigenvalue weighted by Crippen LogP contribution is -2.31. The predicted molar refractivity (Wildman–Crippen MR) is 94.5 cm³/mol. The van der Waals surface area contributed by atoms with Crippen LogP contribution in [0.15, 0.2) is 36.5 Å². The molecule has 0 fully saturated rings. The second-order valence-electron chi connectivity index (χ2n) is 4.91. The van der Waals surface area contributed by atoms with E-state index >= 15 is 0 Å². The number of aromatic nitrogens is 1. The Morgan fingerprint density at radius 1 is 1.26 bits per heavy atom. The van der Waals surface area contributed by atoms with Crippen molar-refractivity contribution in [1.82, 2.24) is 10.3 Å². The van der Waals surface area contributed by atoms with E-state index in [0.29, 0.717) is 18.8 Å². The largest absolute Gasteiger partial charge is 0.392 e. The molecule has 2 rings (SSSR count). The average molecular weight is 429 g/mol. The summed E-state index contributed by atoms with van der Waals surface area (Å²) in [6, 6.07) is 8.02. The molecule has 0 bridgehead atoms. The number of aliphatic hydroxyl groups is 1. The van der Waals surface area contributed by atoms with E-state index in [1.807, 2.05) is 6.07 Å². The maximum absolute atomic E-state index is 12.8. The van der Waals surface area contributed by atoms with Gasteiger partial charge in [0.2, 0.25) is 5.91 Å². The Morgan fingerprint density at radius 2 is 2.00 bits per heavy atom. The number of hydrogen-bond acceptors (Lipinski definition) is 4. The number of anilines is 1. The van der Waals surface area contributed by atoms with Crippen LogP contribution in [-0.2, 0) is 17.8 Å². The van der Waals surface area contributed by atoms with Gasteiger partial charge in [-0.3, -0.25) is 4.79 Å². The van der Waals surface area contributed by atoms with Crippen LogP contribution in [0.4, 0.5) is 10.2 Å². The minimum Gasteiger partial charge on any atom is -0.392 e. The lowest BCUT2D eigenvalue weighted by atomic mass is 10.1. The Kier molecular flexibility index (Phi) is 6.72. The monoisotopic (exact) mass is 429 g/mol. The van der Waals surface area contributed by atoms with Gasteiger partial charge in [0.15, 0.2) is 0 Å². The van der Waals surface area contributed by atoms with Gasteiger partial charge < -0.3 is 15.7 Å². The molecule has 0 saturated carbocycles. The van der Waals surface area contributed by atoms with Crippen LogP contribution in [0.25, 0.3) is 0 Å². The summed E-state index contributed by atoms with van der Waals surface area (Å²) < 4.78 is 13.6. The fourth-order valence-electron chi connectivity index (χ4n) is 1.92. The first-order chi connectivity index (χ1) is 11.1. The molecule has 1 aromatic heterocycles. The number of carbonyl (C=O) groups is 1. The molecule has 0 radical (unpaired) electrons. The topological polar surface area (TPSA) is 74.2 Å². The van der Waals surface area contributed by atoms with Gasteiger partial charge >= 0.3 is 0 Å². The van der Waals surface area contributed by atoms with Crippen molar-refractivity contribution < 1.29 is 14.3 Å². The third-order valence-corrected chi connectivity index (χ3v) is 3.97.